The van der Waals surface area contributed by atoms with Crippen molar-refractivity contribution in [3.8, 4) is 11.5 Å². The number of hydrogen-bond donors (Lipinski definition) is 0. The van der Waals surface area contributed by atoms with Gasteiger partial charge in [0, 0.05) is 10.0 Å². The zero-order valence-electron chi connectivity index (χ0n) is 9.83. The molecule has 0 unspecified atom stereocenters. The van der Waals surface area contributed by atoms with E-state index in [4.69, 9.17) is 9.47 Å². The van der Waals surface area contributed by atoms with Gasteiger partial charge in [0.1, 0.15) is 11.5 Å². The number of methoxy groups -OCH3 is 1. The molecule has 0 bridgehead atoms. The van der Waals surface area contributed by atoms with Gasteiger partial charge >= 0.3 is 0 Å². The van der Waals surface area contributed by atoms with Gasteiger partial charge in [-0.25, -0.2) is 0 Å². The van der Waals surface area contributed by atoms with E-state index in [0.29, 0.717) is 15.8 Å². The predicted molar refractivity (Wildman–Crippen MR) is 66.6 cm³/mol. The molecule has 16 heavy (non-hydrogen) atoms. The zero-order chi connectivity index (χ0) is 12.3. The zero-order valence-corrected chi connectivity index (χ0v) is 11.4. The molecule has 0 heterocycles. The van der Waals surface area contributed by atoms with Gasteiger partial charge in [0.15, 0.2) is 6.29 Å². The maximum atomic E-state index is 10.9. The molecule has 0 aliphatic heterocycles. The largest absolute Gasteiger partial charge is 0.496 e. The van der Waals surface area contributed by atoms with Gasteiger partial charge in [0.25, 0.3) is 0 Å². The van der Waals surface area contributed by atoms with Crippen LogP contribution in [0.1, 0.15) is 29.8 Å². The summed E-state index contributed by atoms with van der Waals surface area (Å²) in [6.45, 7) is 5.77. The second-order valence-electron chi connectivity index (χ2n) is 3.71. The van der Waals surface area contributed by atoms with Crippen molar-refractivity contribution < 1.29 is 14.3 Å². The first-order chi connectivity index (χ1) is 7.51. The molecular weight excluding hydrogens is 272 g/mol. The minimum atomic E-state index is 0.0809. The van der Waals surface area contributed by atoms with Crippen molar-refractivity contribution in [3.05, 3.63) is 21.7 Å². The number of carbonyl (C=O) groups excluding carboxylic acids is 1. The maximum Gasteiger partial charge on any atom is 0.154 e. The van der Waals surface area contributed by atoms with Crippen LogP contribution in [0.25, 0.3) is 0 Å². The van der Waals surface area contributed by atoms with Gasteiger partial charge < -0.3 is 9.47 Å². The van der Waals surface area contributed by atoms with Crippen LogP contribution in [0.3, 0.4) is 0 Å². The van der Waals surface area contributed by atoms with E-state index < -0.39 is 0 Å². The van der Waals surface area contributed by atoms with Crippen LogP contribution in [0.5, 0.6) is 11.5 Å². The first-order valence-corrected chi connectivity index (χ1v) is 5.79. The Bertz CT molecular complexity index is 400. The van der Waals surface area contributed by atoms with E-state index in [1.807, 2.05) is 20.8 Å². The van der Waals surface area contributed by atoms with Crippen molar-refractivity contribution >= 4 is 22.2 Å². The summed E-state index contributed by atoms with van der Waals surface area (Å²) in [5.74, 6) is 1.28. The Balaban J connectivity index is 3.33. The van der Waals surface area contributed by atoms with Crippen LogP contribution in [0.4, 0.5) is 0 Å². The van der Waals surface area contributed by atoms with Gasteiger partial charge in [-0.15, -0.1) is 0 Å². The van der Waals surface area contributed by atoms with E-state index in [1.165, 1.54) is 0 Å². The van der Waals surface area contributed by atoms with Gasteiger partial charge in [-0.05, 0) is 42.8 Å². The first kappa shape index (κ1) is 13.0. The average Bonchev–Trinajstić information content (AvgIpc) is 2.21. The Hall–Kier alpha value is -1.03. The van der Waals surface area contributed by atoms with Crippen LogP contribution >= 0.6 is 15.9 Å². The summed E-state index contributed by atoms with van der Waals surface area (Å²) in [4.78, 5) is 10.9. The van der Waals surface area contributed by atoms with E-state index in [-0.39, 0.29) is 6.10 Å². The standard InChI is InChI=1S/C12H15BrO3/c1-7(2)16-11-5-10(13)9(6-14)12(15-4)8(11)3/h5-7H,1-4H3. The monoisotopic (exact) mass is 286 g/mol. The van der Waals surface area contributed by atoms with Crippen LogP contribution in [-0.4, -0.2) is 19.5 Å². The molecule has 0 saturated carbocycles. The fourth-order valence-corrected chi connectivity index (χ4v) is 1.95. The van der Waals surface area contributed by atoms with E-state index in [9.17, 15) is 4.79 Å². The Labute approximate surface area is 104 Å². The van der Waals surface area contributed by atoms with Crippen molar-refractivity contribution in [1.29, 1.82) is 0 Å². The van der Waals surface area contributed by atoms with E-state index in [0.717, 1.165) is 17.6 Å². The van der Waals surface area contributed by atoms with Gasteiger partial charge in [0.2, 0.25) is 0 Å². The van der Waals surface area contributed by atoms with Crippen LogP contribution in [0.15, 0.2) is 10.5 Å². The van der Waals surface area contributed by atoms with Gasteiger partial charge in [-0.2, -0.15) is 0 Å². The number of halogens is 1. The molecule has 0 aliphatic rings. The molecule has 1 rings (SSSR count). The fraction of sp³-hybridized carbons (Fsp3) is 0.417. The smallest absolute Gasteiger partial charge is 0.154 e. The van der Waals surface area contributed by atoms with Crippen molar-refractivity contribution in [1.82, 2.24) is 0 Å². The van der Waals surface area contributed by atoms with E-state index >= 15 is 0 Å². The lowest BCUT2D eigenvalue weighted by atomic mass is 10.1. The molecule has 88 valence electrons. The maximum absolute atomic E-state index is 10.9. The number of hydrogen-bond acceptors (Lipinski definition) is 3. The molecule has 0 aliphatic carbocycles. The summed E-state index contributed by atoms with van der Waals surface area (Å²) in [7, 11) is 1.54. The molecule has 0 N–H and O–H groups in total. The van der Waals surface area contributed by atoms with Crippen molar-refractivity contribution in [2.24, 2.45) is 0 Å². The summed E-state index contributed by atoms with van der Waals surface area (Å²) in [5.41, 5.74) is 1.35. The van der Waals surface area contributed by atoms with Gasteiger partial charge in [-0.3, -0.25) is 4.79 Å². The number of ether oxygens (including phenoxy) is 2. The highest BCUT2D eigenvalue weighted by Crippen LogP contribution is 2.36. The molecule has 0 aromatic heterocycles. The number of carbonyl (C=O) groups is 1. The fourth-order valence-electron chi connectivity index (χ4n) is 1.47. The highest BCUT2D eigenvalue weighted by atomic mass is 79.9. The molecule has 0 amide bonds. The number of aldehydes is 1. The molecule has 1 aromatic rings. The molecule has 1 aromatic carbocycles. The van der Waals surface area contributed by atoms with Crippen LogP contribution in [0.2, 0.25) is 0 Å². The number of benzene rings is 1. The van der Waals surface area contributed by atoms with Crippen LogP contribution in [0, 0.1) is 6.92 Å². The topological polar surface area (TPSA) is 35.5 Å². The molecule has 0 fully saturated rings. The molecule has 0 atom stereocenters. The van der Waals surface area contributed by atoms with Crippen molar-refractivity contribution in [2.45, 2.75) is 26.9 Å². The van der Waals surface area contributed by atoms with Gasteiger partial charge in [0.05, 0.1) is 18.8 Å². The highest BCUT2D eigenvalue weighted by molar-refractivity contribution is 9.10. The summed E-state index contributed by atoms with van der Waals surface area (Å²) < 4.78 is 11.6. The average molecular weight is 287 g/mol. The third-order valence-corrected chi connectivity index (χ3v) is 2.81. The Morgan fingerprint density at radius 3 is 2.50 bits per heavy atom. The summed E-state index contributed by atoms with van der Waals surface area (Å²) in [6.07, 6.45) is 0.854. The molecule has 0 radical (unpaired) electrons. The number of rotatable bonds is 4. The summed E-state index contributed by atoms with van der Waals surface area (Å²) in [6, 6.07) is 1.79. The minimum Gasteiger partial charge on any atom is -0.496 e. The molecule has 4 heteroatoms. The Kier molecular flexibility index (Phi) is 4.35. The van der Waals surface area contributed by atoms with Crippen LogP contribution < -0.4 is 9.47 Å². The van der Waals surface area contributed by atoms with Crippen molar-refractivity contribution in [2.75, 3.05) is 7.11 Å². The predicted octanol–water partition coefficient (Wildman–Crippen LogP) is 3.37. The lowest BCUT2D eigenvalue weighted by molar-refractivity contribution is 0.111. The van der Waals surface area contributed by atoms with E-state index in [1.54, 1.807) is 13.2 Å². The normalized spacial score (nSPS) is 10.4. The molecule has 0 spiro atoms. The highest BCUT2D eigenvalue weighted by Gasteiger charge is 2.16. The Morgan fingerprint density at radius 2 is 2.06 bits per heavy atom. The summed E-state index contributed by atoms with van der Waals surface area (Å²) >= 11 is 3.33. The van der Waals surface area contributed by atoms with E-state index in [2.05, 4.69) is 15.9 Å². The molecule has 3 nitrogen and oxygen atoms in total. The summed E-state index contributed by atoms with van der Waals surface area (Å²) in [5, 5.41) is 0. The second kappa shape index (κ2) is 5.34. The first-order valence-electron chi connectivity index (χ1n) is 5.00. The molecule has 0 saturated heterocycles. The SMILES string of the molecule is COc1c(C)c(OC(C)C)cc(Br)c1C=O. The quantitative estimate of drug-likeness (QED) is 0.796. The second-order valence-corrected chi connectivity index (χ2v) is 4.57. The lowest BCUT2D eigenvalue weighted by Gasteiger charge is -2.17. The third kappa shape index (κ3) is 2.55. The molecular formula is C12H15BrO3. The third-order valence-electron chi connectivity index (χ3n) is 2.15. The van der Waals surface area contributed by atoms with Crippen molar-refractivity contribution in [3.63, 3.8) is 0 Å². The lowest BCUT2D eigenvalue weighted by Crippen LogP contribution is -2.08. The Morgan fingerprint density at radius 1 is 1.44 bits per heavy atom. The minimum absolute atomic E-state index is 0.0809. The van der Waals surface area contributed by atoms with Gasteiger partial charge in [-0.1, -0.05) is 0 Å². The van der Waals surface area contributed by atoms with Crippen LogP contribution in [-0.2, 0) is 0 Å².